The average Bonchev–Trinajstić information content (AvgIpc) is 3.44. The van der Waals surface area contributed by atoms with Gasteiger partial charge in [-0.1, -0.05) is 13.8 Å². The van der Waals surface area contributed by atoms with E-state index in [0.29, 0.717) is 18.4 Å². The highest BCUT2D eigenvalue weighted by atomic mass is 16.7. The summed E-state index contributed by atoms with van der Waals surface area (Å²) in [4.78, 5) is 17.5. The number of carbonyl (C=O) groups is 1. The molecule has 5 fully saturated rings. The topological polar surface area (TPSA) is 129 Å². The first kappa shape index (κ1) is 27.1. The Kier molecular flexibility index (Phi) is 6.78. The van der Waals surface area contributed by atoms with Crippen LogP contribution in [0.1, 0.15) is 71.6 Å². The molecule has 38 heavy (non-hydrogen) atoms. The summed E-state index contributed by atoms with van der Waals surface area (Å²) in [5, 5.41) is 44.9. The maximum atomic E-state index is 12.4. The zero-order valence-corrected chi connectivity index (χ0v) is 22.9. The van der Waals surface area contributed by atoms with E-state index < -0.39 is 30.1 Å². The lowest BCUT2D eigenvalue weighted by Crippen LogP contribution is -2.64. The zero-order chi connectivity index (χ0) is 27.0. The molecule has 0 spiro atoms. The van der Waals surface area contributed by atoms with Gasteiger partial charge in [0.05, 0.1) is 19.3 Å². The van der Waals surface area contributed by atoms with E-state index in [0.717, 1.165) is 63.4 Å². The first-order valence-corrected chi connectivity index (χ1v) is 14.6. The van der Waals surface area contributed by atoms with Crippen molar-refractivity contribution in [2.45, 2.75) is 108 Å². The summed E-state index contributed by atoms with van der Waals surface area (Å²) in [6.45, 7) is 5.01. The Balaban J connectivity index is 1.19. The predicted molar refractivity (Wildman–Crippen MR) is 136 cm³/mol. The van der Waals surface area contributed by atoms with Gasteiger partial charge in [-0.2, -0.15) is 5.06 Å². The van der Waals surface area contributed by atoms with Crippen molar-refractivity contribution in [3.05, 3.63) is 11.6 Å². The van der Waals surface area contributed by atoms with Crippen molar-refractivity contribution < 1.29 is 39.5 Å². The van der Waals surface area contributed by atoms with Crippen LogP contribution >= 0.6 is 0 Å². The number of hydroxylamine groups is 2. The zero-order valence-electron chi connectivity index (χ0n) is 22.9. The molecular weight excluding hydrogens is 490 g/mol. The number of ether oxygens (including phenoxy) is 2. The van der Waals surface area contributed by atoms with Crippen LogP contribution in [0.25, 0.3) is 0 Å². The maximum Gasteiger partial charge on any atom is 0.331 e. The highest BCUT2D eigenvalue weighted by molar-refractivity contribution is 5.85. The molecular formula is C29H45NO8. The average molecular weight is 536 g/mol. The molecule has 2 aliphatic heterocycles. The number of aliphatic hydroxyl groups is 4. The number of aliphatic hydroxyl groups excluding tert-OH is 3. The fourth-order valence-corrected chi connectivity index (χ4v) is 10.1. The van der Waals surface area contributed by atoms with Gasteiger partial charge in [0.15, 0.2) is 6.23 Å². The molecule has 0 unspecified atom stereocenters. The first-order chi connectivity index (χ1) is 18.0. The van der Waals surface area contributed by atoms with Gasteiger partial charge in [-0.25, -0.2) is 4.79 Å². The molecule has 4 aliphatic carbocycles. The van der Waals surface area contributed by atoms with Gasteiger partial charge in [0.25, 0.3) is 0 Å². The van der Waals surface area contributed by atoms with Gasteiger partial charge in [-0.05, 0) is 92.4 Å². The van der Waals surface area contributed by atoms with E-state index in [1.165, 1.54) is 0 Å². The summed E-state index contributed by atoms with van der Waals surface area (Å²) in [6.07, 6.45) is 5.76. The molecule has 0 bridgehead atoms. The van der Waals surface area contributed by atoms with E-state index in [4.69, 9.17) is 14.3 Å². The number of hydrogen-bond acceptors (Lipinski definition) is 9. The van der Waals surface area contributed by atoms with E-state index in [1.807, 2.05) is 0 Å². The van der Waals surface area contributed by atoms with Crippen LogP contribution < -0.4 is 0 Å². The molecule has 12 atom stereocenters. The molecule has 1 saturated heterocycles. The van der Waals surface area contributed by atoms with Crippen LogP contribution in [0.15, 0.2) is 11.6 Å². The van der Waals surface area contributed by atoms with Crippen LogP contribution in [0.5, 0.6) is 0 Å². The minimum Gasteiger partial charge on any atom is -0.458 e. The number of hydrogen-bond donors (Lipinski definition) is 4. The van der Waals surface area contributed by atoms with E-state index in [-0.39, 0.29) is 41.3 Å². The third-order valence-electron chi connectivity index (χ3n) is 12.3. The minimum absolute atomic E-state index is 0.0383. The van der Waals surface area contributed by atoms with Gasteiger partial charge in [0.1, 0.15) is 24.9 Å². The molecule has 9 nitrogen and oxygen atoms in total. The number of rotatable bonds is 4. The van der Waals surface area contributed by atoms with Crippen LogP contribution in [0, 0.1) is 34.5 Å². The van der Waals surface area contributed by atoms with Gasteiger partial charge in [0, 0.05) is 17.5 Å². The van der Waals surface area contributed by atoms with Crippen LogP contribution in [-0.2, 0) is 19.1 Å². The van der Waals surface area contributed by atoms with Crippen LogP contribution in [-0.4, -0.2) is 88.0 Å². The molecule has 0 radical (unpaired) electrons. The van der Waals surface area contributed by atoms with E-state index in [9.17, 15) is 25.2 Å². The van der Waals surface area contributed by atoms with Gasteiger partial charge < -0.3 is 29.9 Å². The summed E-state index contributed by atoms with van der Waals surface area (Å²) in [6, 6.07) is 0.0383. The van der Waals surface area contributed by atoms with Gasteiger partial charge >= 0.3 is 5.97 Å². The van der Waals surface area contributed by atoms with Crippen molar-refractivity contribution in [1.29, 1.82) is 0 Å². The summed E-state index contributed by atoms with van der Waals surface area (Å²) in [5.74, 6) is 1.11. The molecule has 0 aromatic heterocycles. The molecule has 9 heteroatoms. The van der Waals surface area contributed by atoms with Gasteiger partial charge in [-0.3, -0.25) is 4.84 Å². The second kappa shape index (κ2) is 9.50. The first-order valence-electron chi connectivity index (χ1n) is 14.6. The van der Waals surface area contributed by atoms with Crippen molar-refractivity contribution in [3.8, 4) is 0 Å². The molecule has 6 aliphatic rings. The number of fused-ring (bicyclic) bond motifs is 5. The van der Waals surface area contributed by atoms with Crippen molar-refractivity contribution >= 4 is 5.97 Å². The fourth-order valence-electron chi connectivity index (χ4n) is 10.1. The number of esters is 1. The Hall–Kier alpha value is -1.07. The Labute approximate surface area is 225 Å². The Bertz CT molecular complexity index is 974. The monoisotopic (exact) mass is 535 g/mol. The maximum absolute atomic E-state index is 12.4. The number of nitrogens with zero attached hydrogens (tertiary/aromatic N) is 1. The second-order valence-electron chi connectivity index (χ2n) is 13.5. The lowest BCUT2D eigenvalue weighted by Gasteiger charge is -2.64. The van der Waals surface area contributed by atoms with Crippen molar-refractivity contribution in [1.82, 2.24) is 5.06 Å². The molecule has 2 heterocycles. The molecule has 0 aromatic carbocycles. The smallest absolute Gasteiger partial charge is 0.331 e. The Morgan fingerprint density at radius 2 is 1.79 bits per heavy atom. The summed E-state index contributed by atoms with van der Waals surface area (Å²) >= 11 is 0. The fraction of sp³-hybridized carbons (Fsp3) is 0.897. The lowest BCUT2D eigenvalue weighted by atomic mass is 9.43. The largest absolute Gasteiger partial charge is 0.458 e. The van der Waals surface area contributed by atoms with Crippen LogP contribution in [0.2, 0.25) is 0 Å². The van der Waals surface area contributed by atoms with E-state index in [1.54, 1.807) is 18.2 Å². The SMILES string of the molecule is CON([C@H]1CC[C@@]2(C)[C@H](CC[C@@H]3[C@@H]2CC[C@]2(C)[C@@H](C4=CC(=O)OC4)CC[C@]32O)C1)[C@H]1OC[C@H](O)[C@H](O)[C@@H]1O. The summed E-state index contributed by atoms with van der Waals surface area (Å²) < 4.78 is 11.0. The quantitative estimate of drug-likeness (QED) is 0.315. The second-order valence-corrected chi connectivity index (χ2v) is 13.5. The molecule has 4 saturated carbocycles. The molecule has 4 N–H and O–H groups in total. The Morgan fingerprint density at radius 3 is 2.50 bits per heavy atom. The molecule has 0 aromatic rings. The standard InChI is InChI=1S/C29H45NO8/c1-27-9-6-18(30(36-3)26-25(34)24(33)22(31)15-38-26)13-17(27)4-5-21-20(27)7-10-28(2)19(8-11-29(21,28)35)16-12-23(32)37-14-16/h12,17-22,24-26,31,33-35H,4-11,13-15H2,1-3H3/t17-,18+,19-,20+,21-,22+,24+,25+,26+,27+,28-,29+/m1/s1. The highest BCUT2D eigenvalue weighted by Crippen LogP contribution is 2.70. The predicted octanol–water partition coefficient (Wildman–Crippen LogP) is 1.91. The normalized spacial score (nSPS) is 52.7. The molecule has 6 rings (SSSR count). The van der Waals surface area contributed by atoms with Crippen molar-refractivity contribution in [2.24, 2.45) is 34.5 Å². The lowest BCUT2D eigenvalue weighted by molar-refractivity contribution is -0.326. The number of carbonyl (C=O) groups excluding carboxylic acids is 1. The minimum atomic E-state index is -1.27. The summed E-state index contributed by atoms with van der Waals surface area (Å²) in [7, 11) is 1.57. The van der Waals surface area contributed by atoms with E-state index in [2.05, 4.69) is 13.8 Å². The Morgan fingerprint density at radius 1 is 1.00 bits per heavy atom. The van der Waals surface area contributed by atoms with E-state index >= 15 is 0 Å². The third kappa shape index (κ3) is 3.80. The molecule has 0 amide bonds. The van der Waals surface area contributed by atoms with Crippen molar-refractivity contribution in [3.63, 3.8) is 0 Å². The van der Waals surface area contributed by atoms with Gasteiger partial charge in [-0.15, -0.1) is 0 Å². The molecule has 214 valence electrons. The van der Waals surface area contributed by atoms with Crippen LogP contribution in [0.3, 0.4) is 0 Å². The van der Waals surface area contributed by atoms with Crippen LogP contribution in [0.4, 0.5) is 0 Å². The van der Waals surface area contributed by atoms with Crippen molar-refractivity contribution in [2.75, 3.05) is 20.3 Å². The number of cyclic esters (lactones) is 1. The summed E-state index contributed by atoms with van der Waals surface area (Å²) in [5.41, 5.74) is 0.215. The highest BCUT2D eigenvalue weighted by Gasteiger charge is 2.68. The third-order valence-corrected chi connectivity index (χ3v) is 12.3. The van der Waals surface area contributed by atoms with Gasteiger partial charge in [0.2, 0.25) is 0 Å².